The maximum atomic E-state index is 12.4. The average molecular weight is 467 g/mol. The zero-order chi connectivity index (χ0) is 24.6. The van der Waals surface area contributed by atoms with Gasteiger partial charge < -0.3 is 19.0 Å². The Morgan fingerprint density at radius 3 is 2.62 bits per heavy atom. The molecule has 4 rings (SSSR count). The molecule has 0 aliphatic heterocycles. The summed E-state index contributed by atoms with van der Waals surface area (Å²) < 4.78 is 9.13. The fraction of sp³-hybridized carbons (Fsp3) is 0.500. The Labute approximate surface area is 199 Å². The van der Waals surface area contributed by atoms with E-state index in [0.29, 0.717) is 18.0 Å². The smallest absolute Gasteiger partial charge is 0.326 e. The molecule has 0 bridgehead atoms. The molecule has 0 saturated heterocycles. The van der Waals surface area contributed by atoms with E-state index in [1.165, 1.54) is 12.8 Å². The largest absolute Gasteiger partial charge is 0.462 e. The SMILES string of the molecule is Cc1cc(-c2nc3ccc(CNC(C(=O)OC(C)C)C(C)O)cc3n2CC2CC2)cn(C)c1=O. The maximum absolute atomic E-state index is 12.4. The molecule has 8 nitrogen and oxygen atoms in total. The number of aromatic nitrogens is 3. The topological polar surface area (TPSA) is 98.4 Å². The molecule has 1 aromatic carbocycles. The van der Waals surface area contributed by atoms with Gasteiger partial charge in [-0.3, -0.25) is 14.9 Å². The van der Waals surface area contributed by atoms with Gasteiger partial charge in [-0.2, -0.15) is 0 Å². The molecule has 0 amide bonds. The molecular formula is C26H34N4O4. The van der Waals surface area contributed by atoms with Gasteiger partial charge in [-0.15, -0.1) is 0 Å². The first-order valence-corrected chi connectivity index (χ1v) is 11.9. The number of hydrogen-bond donors (Lipinski definition) is 2. The third-order valence-corrected chi connectivity index (χ3v) is 6.19. The fourth-order valence-corrected chi connectivity index (χ4v) is 4.23. The van der Waals surface area contributed by atoms with Gasteiger partial charge in [-0.1, -0.05) is 6.07 Å². The van der Waals surface area contributed by atoms with Crippen LogP contribution in [0.1, 0.15) is 44.7 Å². The molecule has 34 heavy (non-hydrogen) atoms. The van der Waals surface area contributed by atoms with E-state index in [2.05, 4.69) is 16.0 Å². The van der Waals surface area contributed by atoms with Gasteiger partial charge in [-0.25, -0.2) is 4.98 Å². The molecular weight excluding hydrogens is 432 g/mol. The number of esters is 1. The lowest BCUT2D eigenvalue weighted by atomic mass is 10.1. The highest BCUT2D eigenvalue weighted by molar-refractivity contribution is 5.81. The third kappa shape index (κ3) is 5.23. The molecule has 8 heteroatoms. The van der Waals surface area contributed by atoms with Crippen LogP contribution in [0.3, 0.4) is 0 Å². The summed E-state index contributed by atoms with van der Waals surface area (Å²) in [5, 5.41) is 13.2. The van der Waals surface area contributed by atoms with E-state index in [1.54, 1.807) is 32.4 Å². The summed E-state index contributed by atoms with van der Waals surface area (Å²) in [7, 11) is 1.76. The number of nitrogens with one attached hydrogen (secondary N) is 1. The van der Waals surface area contributed by atoms with Crippen LogP contribution in [0.4, 0.5) is 0 Å². The molecule has 1 aliphatic rings. The molecule has 182 valence electrons. The summed E-state index contributed by atoms with van der Waals surface area (Å²) in [5.74, 6) is 1.03. The standard InChI is InChI=1S/C26H34N4O4/c1-15(2)34-26(33)23(17(4)31)27-12-19-8-9-21-22(11-19)30(13-18-6-7-18)24(28-21)20-10-16(3)25(32)29(5)14-20/h8-11,14-15,17-18,23,27,31H,6-7,12-13H2,1-5H3. The molecule has 2 unspecified atom stereocenters. The Hall–Kier alpha value is -2.97. The summed E-state index contributed by atoms with van der Waals surface area (Å²) >= 11 is 0. The monoisotopic (exact) mass is 466 g/mol. The van der Waals surface area contributed by atoms with E-state index in [-0.39, 0.29) is 11.7 Å². The highest BCUT2D eigenvalue weighted by atomic mass is 16.5. The predicted molar refractivity (Wildman–Crippen MR) is 131 cm³/mol. The summed E-state index contributed by atoms with van der Waals surface area (Å²) in [4.78, 5) is 29.5. The number of fused-ring (bicyclic) bond motifs is 1. The highest BCUT2D eigenvalue weighted by Gasteiger charge is 2.27. The van der Waals surface area contributed by atoms with Crippen LogP contribution in [0.25, 0.3) is 22.4 Å². The second kappa shape index (κ2) is 9.72. The van der Waals surface area contributed by atoms with Crippen LogP contribution < -0.4 is 10.9 Å². The van der Waals surface area contributed by atoms with Crippen molar-refractivity contribution in [3.05, 3.63) is 51.9 Å². The van der Waals surface area contributed by atoms with Gasteiger partial charge in [-0.05, 0) is 70.2 Å². The third-order valence-electron chi connectivity index (χ3n) is 6.19. The fourth-order valence-electron chi connectivity index (χ4n) is 4.23. The Bertz CT molecular complexity index is 1230. The second-order valence-electron chi connectivity index (χ2n) is 9.73. The van der Waals surface area contributed by atoms with E-state index in [0.717, 1.165) is 34.5 Å². The van der Waals surface area contributed by atoms with Crippen molar-refractivity contribution >= 4 is 17.0 Å². The molecule has 1 saturated carbocycles. The van der Waals surface area contributed by atoms with Crippen LogP contribution in [-0.4, -0.2) is 43.4 Å². The number of rotatable bonds is 9. The molecule has 0 radical (unpaired) electrons. The zero-order valence-electron chi connectivity index (χ0n) is 20.5. The molecule has 2 aromatic heterocycles. The van der Waals surface area contributed by atoms with Crippen molar-refractivity contribution in [1.82, 2.24) is 19.4 Å². The lowest BCUT2D eigenvalue weighted by Crippen LogP contribution is -2.46. The molecule has 3 aromatic rings. The van der Waals surface area contributed by atoms with Gasteiger partial charge in [0.1, 0.15) is 11.9 Å². The lowest BCUT2D eigenvalue weighted by Gasteiger charge is -2.21. The minimum atomic E-state index is -0.880. The number of benzene rings is 1. The number of pyridine rings is 1. The van der Waals surface area contributed by atoms with Gasteiger partial charge in [0, 0.05) is 37.5 Å². The number of nitrogens with zero attached hydrogens (tertiary/aromatic N) is 3. The Kier molecular flexibility index (Phi) is 6.91. The van der Waals surface area contributed by atoms with Crippen molar-refractivity contribution in [2.75, 3.05) is 0 Å². The molecule has 2 atom stereocenters. The van der Waals surface area contributed by atoms with Crippen LogP contribution in [0.2, 0.25) is 0 Å². The van der Waals surface area contributed by atoms with Crippen molar-refractivity contribution in [3.63, 3.8) is 0 Å². The molecule has 1 aliphatic carbocycles. The van der Waals surface area contributed by atoms with Gasteiger partial charge in [0.25, 0.3) is 5.56 Å². The van der Waals surface area contributed by atoms with E-state index in [9.17, 15) is 14.7 Å². The summed E-state index contributed by atoms with van der Waals surface area (Å²) in [5.41, 5.74) is 4.48. The van der Waals surface area contributed by atoms with Crippen molar-refractivity contribution in [1.29, 1.82) is 0 Å². The van der Waals surface area contributed by atoms with E-state index in [4.69, 9.17) is 9.72 Å². The van der Waals surface area contributed by atoms with Gasteiger partial charge in [0.05, 0.1) is 23.2 Å². The quantitative estimate of drug-likeness (QED) is 0.471. The Balaban J connectivity index is 1.66. The van der Waals surface area contributed by atoms with Gasteiger partial charge in [0.15, 0.2) is 0 Å². The number of carbonyl (C=O) groups excluding carboxylic acids is 1. The summed E-state index contributed by atoms with van der Waals surface area (Å²) in [6, 6.07) is 7.15. The second-order valence-corrected chi connectivity index (χ2v) is 9.73. The van der Waals surface area contributed by atoms with E-state index < -0.39 is 18.1 Å². The zero-order valence-corrected chi connectivity index (χ0v) is 20.5. The number of ether oxygens (including phenoxy) is 1. The summed E-state index contributed by atoms with van der Waals surface area (Å²) in [6.45, 7) is 8.26. The number of hydrogen-bond acceptors (Lipinski definition) is 6. The van der Waals surface area contributed by atoms with E-state index in [1.807, 2.05) is 31.3 Å². The van der Waals surface area contributed by atoms with Crippen molar-refractivity contribution < 1.29 is 14.6 Å². The minimum Gasteiger partial charge on any atom is -0.462 e. The first kappa shape index (κ1) is 24.2. The van der Waals surface area contributed by atoms with Crippen LogP contribution in [0.15, 0.2) is 35.3 Å². The number of aliphatic hydroxyl groups is 1. The molecule has 2 N–H and O–H groups in total. The Morgan fingerprint density at radius 1 is 1.26 bits per heavy atom. The van der Waals surface area contributed by atoms with E-state index >= 15 is 0 Å². The molecule has 0 spiro atoms. The lowest BCUT2D eigenvalue weighted by molar-refractivity contribution is -0.152. The number of carbonyl (C=O) groups is 1. The van der Waals surface area contributed by atoms with Gasteiger partial charge >= 0.3 is 5.97 Å². The average Bonchev–Trinajstić information content (AvgIpc) is 3.51. The number of imidazole rings is 1. The summed E-state index contributed by atoms with van der Waals surface area (Å²) in [6.07, 6.45) is 3.13. The highest BCUT2D eigenvalue weighted by Crippen LogP contribution is 2.34. The van der Waals surface area contributed by atoms with Crippen molar-refractivity contribution in [3.8, 4) is 11.4 Å². The number of aliphatic hydroxyl groups excluding tert-OH is 1. The first-order valence-electron chi connectivity index (χ1n) is 11.9. The van der Waals surface area contributed by atoms with Crippen LogP contribution in [0.5, 0.6) is 0 Å². The van der Waals surface area contributed by atoms with Crippen molar-refractivity contribution in [2.45, 2.75) is 71.9 Å². The van der Waals surface area contributed by atoms with Crippen molar-refractivity contribution in [2.24, 2.45) is 13.0 Å². The molecule has 2 heterocycles. The first-order chi connectivity index (χ1) is 16.1. The van der Waals surface area contributed by atoms with Crippen LogP contribution in [-0.2, 0) is 29.7 Å². The van der Waals surface area contributed by atoms with Crippen LogP contribution >= 0.6 is 0 Å². The minimum absolute atomic E-state index is 0.00868. The Morgan fingerprint density at radius 2 is 2.00 bits per heavy atom. The normalized spacial score (nSPS) is 15.6. The maximum Gasteiger partial charge on any atom is 0.326 e. The predicted octanol–water partition coefficient (Wildman–Crippen LogP) is 2.91. The van der Waals surface area contributed by atoms with Gasteiger partial charge in [0.2, 0.25) is 0 Å². The molecule has 1 fully saturated rings. The van der Waals surface area contributed by atoms with Crippen LogP contribution in [0, 0.1) is 12.8 Å². The number of aryl methyl sites for hydroxylation is 2.